The molecule has 1 aliphatic rings. The highest BCUT2D eigenvalue weighted by Crippen LogP contribution is 2.22. The zero-order valence-corrected chi connectivity index (χ0v) is 12.1. The molecule has 20 heavy (non-hydrogen) atoms. The summed E-state index contributed by atoms with van der Waals surface area (Å²) in [7, 11) is 0. The van der Waals surface area contributed by atoms with Gasteiger partial charge < -0.3 is 10.2 Å². The van der Waals surface area contributed by atoms with Gasteiger partial charge in [0.15, 0.2) is 0 Å². The number of nitrogens with zero attached hydrogens (tertiary/aromatic N) is 1. The van der Waals surface area contributed by atoms with Crippen LogP contribution in [0.4, 0.5) is 0 Å². The highest BCUT2D eigenvalue weighted by atomic mass is 16.2. The van der Waals surface area contributed by atoms with Crippen molar-refractivity contribution in [3.63, 3.8) is 0 Å². The summed E-state index contributed by atoms with van der Waals surface area (Å²) in [5, 5.41) is 2.88. The molecule has 1 atom stereocenters. The van der Waals surface area contributed by atoms with E-state index in [4.69, 9.17) is 0 Å². The van der Waals surface area contributed by atoms with Crippen LogP contribution in [-0.4, -0.2) is 29.3 Å². The van der Waals surface area contributed by atoms with Crippen molar-refractivity contribution < 1.29 is 9.59 Å². The SMILES string of the molecule is CC(C)NC(=O)CC1CC(=O)N(Cc2ccccc2)C1. The van der Waals surface area contributed by atoms with Gasteiger partial charge in [0.2, 0.25) is 11.8 Å². The molecule has 0 spiro atoms. The fourth-order valence-electron chi connectivity index (χ4n) is 2.59. The van der Waals surface area contributed by atoms with Crippen LogP contribution in [0.15, 0.2) is 30.3 Å². The first-order chi connectivity index (χ1) is 9.54. The standard InChI is InChI=1S/C16H22N2O2/c1-12(2)17-15(19)8-14-9-16(20)18(11-14)10-13-6-4-3-5-7-13/h3-7,12,14H,8-11H2,1-2H3,(H,17,19). The minimum atomic E-state index is 0.0411. The first-order valence-corrected chi connectivity index (χ1v) is 7.15. The molecule has 0 saturated carbocycles. The molecule has 0 radical (unpaired) electrons. The Morgan fingerprint density at radius 3 is 2.70 bits per heavy atom. The van der Waals surface area contributed by atoms with E-state index in [0.29, 0.717) is 25.9 Å². The van der Waals surface area contributed by atoms with E-state index < -0.39 is 0 Å². The minimum Gasteiger partial charge on any atom is -0.354 e. The van der Waals surface area contributed by atoms with Crippen LogP contribution in [0, 0.1) is 5.92 Å². The second kappa shape index (κ2) is 6.55. The van der Waals surface area contributed by atoms with Crippen LogP contribution in [0.2, 0.25) is 0 Å². The summed E-state index contributed by atoms with van der Waals surface area (Å²) in [6.07, 6.45) is 0.924. The normalized spacial score (nSPS) is 18.6. The van der Waals surface area contributed by atoms with Gasteiger partial charge in [-0.25, -0.2) is 0 Å². The Labute approximate surface area is 120 Å². The molecule has 4 heteroatoms. The van der Waals surface area contributed by atoms with Gasteiger partial charge in [-0.15, -0.1) is 0 Å². The summed E-state index contributed by atoms with van der Waals surface area (Å²) in [5.74, 6) is 0.334. The van der Waals surface area contributed by atoms with Crippen molar-refractivity contribution in [2.45, 2.75) is 39.3 Å². The molecule has 1 fully saturated rings. The topological polar surface area (TPSA) is 49.4 Å². The van der Waals surface area contributed by atoms with Crippen LogP contribution in [0.5, 0.6) is 0 Å². The van der Waals surface area contributed by atoms with Gasteiger partial charge in [-0.3, -0.25) is 9.59 Å². The second-order valence-electron chi connectivity index (χ2n) is 5.76. The molecule has 108 valence electrons. The van der Waals surface area contributed by atoms with Gasteiger partial charge in [0.05, 0.1) is 0 Å². The summed E-state index contributed by atoms with van der Waals surface area (Å²) < 4.78 is 0. The molecule has 1 aromatic rings. The van der Waals surface area contributed by atoms with Crippen LogP contribution in [-0.2, 0) is 16.1 Å². The maximum Gasteiger partial charge on any atom is 0.223 e. The highest BCUT2D eigenvalue weighted by molar-refractivity contribution is 5.81. The zero-order chi connectivity index (χ0) is 14.5. The average Bonchev–Trinajstić information content (AvgIpc) is 2.69. The lowest BCUT2D eigenvalue weighted by Gasteiger charge is -2.17. The van der Waals surface area contributed by atoms with Crippen molar-refractivity contribution >= 4 is 11.8 Å². The predicted molar refractivity (Wildman–Crippen MR) is 77.9 cm³/mol. The maximum atomic E-state index is 12.0. The van der Waals surface area contributed by atoms with Crippen LogP contribution in [0.1, 0.15) is 32.3 Å². The molecule has 1 heterocycles. The smallest absolute Gasteiger partial charge is 0.223 e. The number of carbonyl (C=O) groups excluding carboxylic acids is 2. The zero-order valence-electron chi connectivity index (χ0n) is 12.1. The Bertz CT molecular complexity index is 471. The van der Waals surface area contributed by atoms with Crippen LogP contribution >= 0.6 is 0 Å². The summed E-state index contributed by atoms with van der Waals surface area (Å²) in [4.78, 5) is 25.6. The largest absolute Gasteiger partial charge is 0.354 e. The molecule has 1 saturated heterocycles. The predicted octanol–water partition coefficient (Wildman–Crippen LogP) is 1.95. The van der Waals surface area contributed by atoms with Crippen molar-refractivity contribution in [3.05, 3.63) is 35.9 Å². The number of nitrogens with one attached hydrogen (secondary N) is 1. The number of hydrogen-bond acceptors (Lipinski definition) is 2. The van der Waals surface area contributed by atoms with E-state index >= 15 is 0 Å². The quantitative estimate of drug-likeness (QED) is 0.892. The van der Waals surface area contributed by atoms with Gasteiger partial charge in [0.1, 0.15) is 0 Å². The fourth-order valence-corrected chi connectivity index (χ4v) is 2.59. The van der Waals surface area contributed by atoms with Crippen LogP contribution in [0.25, 0.3) is 0 Å². The number of amides is 2. The van der Waals surface area contributed by atoms with E-state index in [-0.39, 0.29) is 23.8 Å². The van der Waals surface area contributed by atoms with E-state index in [9.17, 15) is 9.59 Å². The molecule has 4 nitrogen and oxygen atoms in total. The Kier molecular flexibility index (Phi) is 4.77. The van der Waals surface area contributed by atoms with Gasteiger partial charge in [-0.05, 0) is 25.3 Å². The van der Waals surface area contributed by atoms with Gasteiger partial charge in [0, 0.05) is 32.0 Å². The molecule has 1 unspecified atom stereocenters. The van der Waals surface area contributed by atoms with Gasteiger partial charge in [-0.2, -0.15) is 0 Å². The number of hydrogen-bond donors (Lipinski definition) is 1. The first-order valence-electron chi connectivity index (χ1n) is 7.15. The van der Waals surface area contributed by atoms with Gasteiger partial charge in [0.25, 0.3) is 0 Å². The van der Waals surface area contributed by atoms with E-state index in [0.717, 1.165) is 5.56 Å². The lowest BCUT2D eigenvalue weighted by atomic mass is 10.0. The average molecular weight is 274 g/mol. The Morgan fingerprint density at radius 2 is 2.05 bits per heavy atom. The van der Waals surface area contributed by atoms with E-state index in [1.165, 1.54) is 0 Å². The third-order valence-electron chi connectivity index (χ3n) is 3.43. The molecule has 1 aromatic carbocycles. The van der Waals surface area contributed by atoms with E-state index in [1.54, 1.807) is 0 Å². The Balaban J connectivity index is 1.86. The van der Waals surface area contributed by atoms with Gasteiger partial charge >= 0.3 is 0 Å². The van der Waals surface area contributed by atoms with Crippen molar-refractivity contribution in [2.24, 2.45) is 5.92 Å². The van der Waals surface area contributed by atoms with E-state index in [2.05, 4.69) is 5.32 Å². The summed E-state index contributed by atoms with van der Waals surface area (Å²) in [6, 6.07) is 10.1. The second-order valence-corrected chi connectivity index (χ2v) is 5.76. The van der Waals surface area contributed by atoms with Gasteiger partial charge in [-0.1, -0.05) is 30.3 Å². The van der Waals surface area contributed by atoms with Crippen molar-refractivity contribution in [1.29, 1.82) is 0 Å². The lowest BCUT2D eigenvalue weighted by molar-refractivity contribution is -0.128. The number of benzene rings is 1. The maximum absolute atomic E-state index is 12.0. The number of likely N-dealkylation sites (tertiary alicyclic amines) is 1. The van der Waals surface area contributed by atoms with Crippen molar-refractivity contribution in [3.8, 4) is 0 Å². The number of rotatable bonds is 5. The molecule has 0 aromatic heterocycles. The summed E-state index contributed by atoms with van der Waals surface area (Å²) in [6.45, 7) is 5.21. The van der Waals surface area contributed by atoms with Crippen LogP contribution < -0.4 is 5.32 Å². The third kappa shape index (κ3) is 4.08. The van der Waals surface area contributed by atoms with E-state index in [1.807, 2.05) is 49.1 Å². The Morgan fingerprint density at radius 1 is 1.35 bits per heavy atom. The molecule has 1 aliphatic heterocycles. The Hall–Kier alpha value is -1.84. The number of carbonyl (C=O) groups is 2. The summed E-state index contributed by atoms with van der Waals surface area (Å²) >= 11 is 0. The molecule has 0 bridgehead atoms. The first kappa shape index (κ1) is 14.6. The van der Waals surface area contributed by atoms with Crippen molar-refractivity contribution in [1.82, 2.24) is 10.2 Å². The highest BCUT2D eigenvalue weighted by Gasteiger charge is 2.30. The molecule has 2 rings (SSSR count). The minimum absolute atomic E-state index is 0.0411. The van der Waals surface area contributed by atoms with Crippen molar-refractivity contribution in [2.75, 3.05) is 6.54 Å². The summed E-state index contributed by atoms with van der Waals surface area (Å²) in [5.41, 5.74) is 1.13. The third-order valence-corrected chi connectivity index (χ3v) is 3.43. The molecule has 0 aliphatic carbocycles. The monoisotopic (exact) mass is 274 g/mol. The molecular formula is C16H22N2O2. The lowest BCUT2D eigenvalue weighted by Crippen LogP contribution is -2.32. The molecule has 1 N–H and O–H groups in total. The fraction of sp³-hybridized carbons (Fsp3) is 0.500. The molecule has 2 amide bonds. The van der Waals surface area contributed by atoms with Crippen LogP contribution in [0.3, 0.4) is 0 Å². The molecular weight excluding hydrogens is 252 g/mol.